The maximum Gasteiger partial charge on any atom is 0.246 e. The van der Waals surface area contributed by atoms with Gasteiger partial charge in [-0.25, -0.2) is 4.98 Å². The molecule has 0 bridgehead atoms. The van der Waals surface area contributed by atoms with E-state index >= 15 is 0 Å². The van der Waals surface area contributed by atoms with Gasteiger partial charge in [0.05, 0.1) is 19.2 Å². The summed E-state index contributed by atoms with van der Waals surface area (Å²) in [5, 5.41) is 7.56. The molecule has 5 rings (SSSR count). The summed E-state index contributed by atoms with van der Waals surface area (Å²) >= 11 is 0. The van der Waals surface area contributed by atoms with Crippen molar-refractivity contribution in [3.63, 3.8) is 0 Å². The molecule has 1 aliphatic rings. The number of hydrogen-bond donors (Lipinski definition) is 1. The summed E-state index contributed by atoms with van der Waals surface area (Å²) in [5.41, 5.74) is 4.11. The van der Waals surface area contributed by atoms with E-state index in [2.05, 4.69) is 17.4 Å². The Morgan fingerprint density at radius 3 is 2.74 bits per heavy atom. The third-order valence-corrected chi connectivity index (χ3v) is 5.99. The van der Waals surface area contributed by atoms with Gasteiger partial charge in [-0.3, -0.25) is 9.48 Å². The minimum absolute atomic E-state index is 0.0972. The fourth-order valence-corrected chi connectivity index (χ4v) is 4.00. The zero-order chi connectivity index (χ0) is 24.4. The molecule has 0 radical (unpaired) electrons. The van der Waals surface area contributed by atoms with Gasteiger partial charge in [0.15, 0.2) is 5.58 Å². The Balaban J connectivity index is 1.46. The molecule has 2 heterocycles. The van der Waals surface area contributed by atoms with Crippen molar-refractivity contribution < 1.29 is 18.7 Å². The van der Waals surface area contributed by atoms with Crippen LogP contribution in [-0.4, -0.2) is 39.9 Å². The van der Waals surface area contributed by atoms with Crippen LogP contribution in [0.2, 0.25) is 0 Å². The van der Waals surface area contributed by atoms with Crippen LogP contribution in [0.3, 0.4) is 0 Å². The molecule has 0 spiro atoms. The van der Waals surface area contributed by atoms with Crippen molar-refractivity contribution >= 4 is 17.0 Å². The molecular formula is C27H30N4O4. The van der Waals surface area contributed by atoms with E-state index in [0.29, 0.717) is 36.4 Å². The van der Waals surface area contributed by atoms with Crippen LogP contribution in [0.15, 0.2) is 52.9 Å². The summed E-state index contributed by atoms with van der Waals surface area (Å²) in [6.45, 7) is 6.91. The van der Waals surface area contributed by atoms with Gasteiger partial charge < -0.3 is 19.2 Å². The standard InChI is InChI=1S/C27H30N4O4/c1-17(28-19(3)32)15-34-26-18(2)25(31(30-26)14-20-7-5-4-6-8-20)27-29-23-12-11-22(13-24(23)35-27)33-16-21-9-10-21/h4-8,11-13,17,21H,9-10,14-16H2,1-3H3,(H,28,32)/t17-/m0/s1. The maximum absolute atomic E-state index is 11.3. The molecule has 4 aromatic rings. The molecule has 1 aliphatic carbocycles. The molecule has 182 valence electrons. The predicted molar refractivity (Wildman–Crippen MR) is 133 cm³/mol. The van der Waals surface area contributed by atoms with E-state index in [1.165, 1.54) is 19.8 Å². The number of fused-ring (bicyclic) bond motifs is 1. The maximum atomic E-state index is 11.3. The lowest BCUT2D eigenvalue weighted by atomic mass is 10.2. The van der Waals surface area contributed by atoms with Crippen molar-refractivity contribution in [2.24, 2.45) is 5.92 Å². The summed E-state index contributed by atoms with van der Waals surface area (Å²) < 4.78 is 20.0. The summed E-state index contributed by atoms with van der Waals surface area (Å²) in [5.74, 6) is 2.34. The molecule has 0 aliphatic heterocycles. The molecule has 1 fully saturated rings. The van der Waals surface area contributed by atoms with Gasteiger partial charge in [0.1, 0.15) is 23.6 Å². The van der Waals surface area contributed by atoms with E-state index in [4.69, 9.17) is 24.0 Å². The Labute approximate surface area is 204 Å². The number of benzene rings is 2. The minimum atomic E-state index is -0.145. The number of rotatable bonds is 10. The van der Waals surface area contributed by atoms with Gasteiger partial charge >= 0.3 is 0 Å². The molecule has 1 N–H and O–H groups in total. The van der Waals surface area contributed by atoms with Crippen molar-refractivity contribution in [2.45, 2.75) is 46.2 Å². The zero-order valence-electron chi connectivity index (χ0n) is 20.3. The highest BCUT2D eigenvalue weighted by Crippen LogP contribution is 2.34. The fraction of sp³-hybridized carbons (Fsp3) is 0.370. The number of hydrogen-bond acceptors (Lipinski definition) is 6. The van der Waals surface area contributed by atoms with Gasteiger partial charge in [0.2, 0.25) is 17.7 Å². The monoisotopic (exact) mass is 474 g/mol. The first-order valence-corrected chi connectivity index (χ1v) is 12.0. The normalized spacial score (nSPS) is 14.1. The second-order valence-electron chi connectivity index (χ2n) is 9.24. The molecule has 35 heavy (non-hydrogen) atoms. The molecule has 0 saturated heterocycles. The number of aromatic nitrogens is 3. The van der Waals surface area contributed by atoms with Crippen LogP contribution in [0.4, 0.5) is 0 Å². The molecular weight excluding hydrogens is 444 g/mol. The Morgan fingerprint density at radius 1 is 1.20 bits per heavy atom. The van der Waals surface area contributed by atoms with Crippen molar-refractivity contribution in [1.29, 1.82) is 0 Å². The largest absolute Gasteiger partial charge is 0.493 e. The van der Waals surface area contributed by atoms with Crippen LogP contribution in [0, 0.1) is 12.8 Å². The van der Waals surface area contributed by atoms with Gasteiger partial charge in [-0.2, -0.15) is 0 Å². The second-order valence-corrected chi connectivity index (χ2v) is 9.24. The Hall–Kier alpha value is -3.81. The van der Waals surface area contributed by atoms with E-state index in [9.17, 15) is 4.79 Å². The van der Waals surface area contributed by atoms with E-state index in [0.717, 1.165) is 34.7 Å². The number of carbonyl (C=O) groups is 1. The second kappa shape index (κ2) is 9.82. The van der Waals surface area contributed by atoms with E-state index in [1.807, 2.05) is 54.9 Å². The van der Waals surface area contributed by atoms with Crippen molar-refractivity contribution in [2.75, 3.05) is 13.2 Å². The SMILES string of the molecule is CC(=O)N[C@@H](C)COc1nn(Cc2ccccc2)c(-c2nc3ccc(OCC4CC4)cc3o2)c1C. The quantitative estimate of drug-likeness (QED) is 0.357. The van der Waals surface area contributed by atoms with E-state index in [-0.39, 0.29) is 11.9 Å². The zero-order valence-corrected chi connectivity index (χ0v) is 20.3. The highest BCUT2D eigenvalue weighted by Gasteiger charge is 2.24. The van der Waals surface area contributed by atoms with Crippen LogP contribution in [0.5, 0.6) is 11.6 Å². The average molecular weight is 475 g/mol. The van der Waals surface area contributed by atoms with Crippen molar-refractivity contribution in [3.05, 3.63) is 59.7 Å². The van der Waals surface area contributed by atoms with Crippen LogP contribution in [0.1, 0.15) is 37.8 Å². The van der Waals surface area contributed by atoms with Gasteiger partial charge in [0, 0.05) is 18.6 Å². The van der Waals surface area contributed by atoms with Crippen LogP contribution in [0.25, 0.3) is 22.7 Å². The molecule has 1 atom stereocenters. The summed E-state index contributed by atoms with van der Waals surface area (Å²) in [7, 11) is 0. The predicted octanol–water partition coefficient (Wildman–Crippen LogP) is 4.74. The smallest absolute Gasteiger partial charge is 0.246 e. The van der Waals surface area contributed by atoms with Crippen LogP contribution >= 0.6 is 0 Å². The highest BCUT2D eigenvalue weighted by molar-refractivity contribution is 5.78. The van der Waals surface area contributed by atoms with E-state index < -0.39 is 0 Å². The summed E-state index contributed by atoms with van der Waals surface area (Å²) in [6, 6.07) is 15.7. The third-order valence-electron chi connectivity index (χ3n) is 5.99. The lowest BCUT2D eigenvalue weighted by molar-refractivity contribution is -0.119. The number of oxazole rings is 1. The average Bonchev–Trinajstić information content (AvgIpc) is 3.49. The van der Waals surface area contributed by atoms with Gasteiger partial charge in [-0.05, 0) is 50.3 Å². The lowest BCUT2D eigenvalue weighted by Gasteiger charge is -2.12. The Kier molecular flexibility index (Phi) is 6.44. The topological polar surface area (TPSA) is 91.4 Å². The minimum Gasteiger partial charge on any atom is -0.493 e. The molecule has 1 amide bonds. The first-order chi connectivity index (χ1) is 17.0. The van der Waals surface area contributed by atoms with Crippen LogP contribution in [-0.2, 0) is 11.3 Å². The first-order valence-electron chi connectivity index (χ1n) is 12.0. The van der Waals surface area contributed by atoms with Gasteiger partial charge in [0.25, 0.3) is 0 Å². The molecule has 2 aromatic carbocycles. The van der Waals surface area contributed by atoms with Crippen LogP contribution < -0.4 is 14.8 Å². The summed E-state index contributed by atoms with van der Waals surface area (Å²) in [4.78, 5) is 16.1. The number of ether oxygens (including phenoxy) is 2. The van der Waals surface area contributed by atoms with Gasteiger partial charge in [-0.1, -0.05) is 30.3 Å². The number of nitrogens with one attached hydrogen (secondary N) is 1. The van der Waals surface area contributed by atoms with Crippen molar-refractivity contribution in [3.8, 4) is 23.2 Å². The fourth-order valence-electron chi connectivity index (χ4n) is 4.00. The lowest BCUT2D eigenvalue weighted by Crippen LogP contribution is -2.35. The first kappa shape index (κ1) is 23.0. The Bertz CT molecular complexity index is 1320. The molecule has 1 saturated carbocycles. The molecule has 2 aromatic heterocycles. The van der Waals surface area contributed by atoms with Gasteiger partial charge in [-0.15, -0.1) is 5.10 Å². The Morgan fingerprint density at radius 2 is 2.00 bits per heavy atom. The third kappa shape index (κ3) is 5.48. The highest BCUT2D eigenvalue weighted by atomic mass is 16.5. The number of carbonyl (C=O) groups excluding carboxylic acids is 1. The number of amides is 1. The van der Waals surface area contributed by atoms with E-state index in [1.54, 1.807) is 0 Å². The molecule has 0 unspecified atom stereocenters. The van der Waals surface area contributed by atoms with Crippen molar-refractivity contribution in [1.82, 2.24) is 20.1 Å². The number of nitrogens with zero attached hydrogens (tertiary/aromatic N) is 3. The molecule has 8 nitrogen and oxygen atoms in total. The molecule has 8 heteroatoms. The summed E-state index contributed by atoms with van der Waals surface area (Å²) in [6.07, 6.45) is 2.49.